The quantitative estimate of drug-likeness (QED) is 0.625. The first-order valence-electron chi connectivity index (χ1n) is 4.41. The average Bonchev–Trinajstić information content (AvgIpc) is 1.97. The van der Waals surface area contributed by atoms with E-state index >= 15 is 0 Å². The molecule has 2 nitrogen and oxygen atoms in total. The number of hydrogen-bond donors (Lipinski definition) is 1. The minimum atomic E-state index is 0.0706. The van der Waals surface area contributed by atoms with Gasteiger partial charge in [-0.15, -0.1) is 0 Å². The topological polar surface area (TPSA) is 29.5 Å². The van der Waals surface area contributed by atoms with Crippen LogP contribution in [0.2, 0.25) is 0 Å². The van der Waals surface area contributed by atoms with Crippen LogP contribution in [-0.2, 0) is 4.74 Å². The highest BCUT2D eigenvalue weighted by Crippen LogP contribution is 2.28. The zero-order chi connectivity index (χ0) is 8.43. The predicted molar refractivity (Wildman–Crippen MR) is 44.4 cm³/mol. The average molecular weight is 158 g/mol. The lowest BCUT2D eigenvalue weighted by Crippen LogP contribution is -2.39. The molecule has 1 N–H and O–H groups in total. The van der Waals surface area contributed by atoms with Crippen LogP contribution in [-0.4, -0.2) is 23.9 Å². The fraction of sp³-hybridized carbons (Fsp3) is 1.00. The number of hydrogen-bond acceptors (Lipinski definition) is 2. The van der Waals surface area contributed by atoms with Crippen LogP contribution in [0.1, 0.15) is 27.2 Å². The van der Waals surface area contributed by atoms with Gasteiger partial charge in [0.1, 0.15) is 0 Å². The van der Waals surface area contributed by atoms with E-state index in [0.29, 0.717) is 17.9 Å². The second-order valence-corrected chi connectivity index (χ2v) is 3.75. The lowest BCUT2D eigenvalue weighted by Gasteiger charge is -2.36. The molecule has 0 radical (unpaired) electrons. The molecule has 0 saturated carbocycles. The van der Waals surface area contributed by atoms with Crippen molar-refractivity contribution in [2.24, 2.45) is 11.8 Å². The lowest BCUT2D eigenvalue weighted by atomic mass is 9.87. The van der Waals surface area contributed by atoms with Crippen LogP contribution < -0.4 is 0 Å². The minimum Gasteiger partial charge on any atom is -0.394 e. The van der Waals surface area contributed by atoms with Gasteiger partial charge in [0.05, 0.1) is 18.8 Å². The number of ether oxygens (including phenoxy) is 1. The first kappa shape index (κ1) is 9.01. The zero-order valence-electron chi connectivity index (χ0n) is 7.58. The standard InChI is InChI=1S/C9H18O2/c1-6-4-7(2)9(5-10)11-8(6)3/h6-10H,4-5H2,1-3H3/t6?,7-,8-,9?/m0/s1. The fourth-order valence-corrected chi connectivity index (χ4v) is 1.70. The Balaban J connectivity index is 2.48. The van der Waals surface area contributed by atoms with E-state index in [0.717, 1.165) is 0 Å². The van der Waals surface area contributed by atoms with E-state index in [4.69, 9.17) is 9.84 Å². The first-order chi connectivity index (χ1) is 5.15. The minimum absolute atomic E-state index is 0.0706. The Kier molecular flexibility index (Phi) is 2.90. The number of rotatable bonds is 1. The van der Waals surface area contributed by atoms with Crippen LogP contribution in [0.15, 0.2) is 0 Å². The second kappa shape index (κ2) is 3.55. The molecule has 1 aliphatic heterocycles. The SMILES string of the molecule is CC1C[C@H](C)C(CO)O[C@H]1C. The van der Waals surface area contributed by atoms with Crippen molar-refractivity contribution in [2.75, 3.05) is 6.61 Å². The van der Waals surface area contributed by atoms with Gasteiger partial charge in [-0.1, -0.05) is 13.8 Å². The van der Waals surface area contributed by atoms with Gasteiger partial charge in [-0.25, -0.2) is 0 Å². The van der Waals surface area contributed by atoms with Gasteiger partial charge in [0.25, 0.3) is 0 Å². The summed E-state index contributed by atoms with van der Waals surface area (Å²) in [6.45, 7) is 6.59. The van der Waals surface area contributed by atoms with Crippen molar-refractivity contribution in [3.05, 3.63) is 0 Å². The van der Waals surface area contributed by atoms with Crippen molar-refractivity contribution < 1.29 is 9.84 Å². The van der Waals surface area contributed by atoms with Gasteiger partial charge in [0, 0.05) is 0 Å². The van der Waals surface area contributed by atoms with Crippen molar-refractivity contribution in [1.82, 2.24) is 0 Å². The molecule has 0 bridgehead atoms. The van der Waals surface area contributed by atoms with E-state index in [1.165, 1.54) is 6.42 Å². The third-order valence-electron chi connectivity index (χ3n) is 2.75. The molecule has 0 aromatic heterocycles. The monoisotopic (exact) mass is 158 g/mol. The van der Waals surface area contributed by atoms with Gasteiger partial charge in [0.15, 0.2) is 0 Å². The van der Waals surface area contributed by atoms with Crippen LogP contribution in [0.25, 0.3) is 0 Å². The molecule has 4 atom stereocenters. The van der Waals surface area contributed by atoms with E-state index < -0.39 is 0 Å². The highest BCUT2D eigenvalue weighted by molar-refractivity contribution is 4.78. The molecule has 0 aliphatic carbocycles. The molecule has 2 unspecified atom stereocenters. The summed E-state index contributed by atoms with van der Waals surface area (Å²) in [5, 5.41) is 8.94. The van der Waals surface area contributed by atoms with Crippen LogP contribution >= 0.6 is 0 Å². The molecule has 0 spiro atoms. The van der Waals surface area contributed by atoms with Gasteiger partial charge in [-0.2, -0.15) is 0 Å². The van der Waals surface area contributed by atoms with E-state index in [2.05, 4.69) is 20.8 Å². The first-order valence-corrected chi connectivity index (χ1v) is 4.41. The summed E-state index contributed by atoms with van der Waals surface area (Å²) in [5.41, 5.74) is 0. The molecule has 66 valence electrons. The third kappa shape index (κ3) is 1.94. The van der Waals surface area contributed by atoms with Crippen LogP contribution in [0.4, 0.5) is 0 Å². The van der Waals surface area contributed by atoms with Crippen molar-refractivity contribution in [3.63, 3.8) is 0 Å². The Labute approximate surface area is 68.6 Å². The van der Waals surface area contributed by atoms with E-state index in [1.54, 1.807) is 0 Å². The summed E-state index contributed by atoms with van der Waals surface area (Å²) < 4.78 is 5.61. The second-order valence-electron chi connectivity index (χ2n) is 3.75. The molecule has 1 heterocycles. The van der Waals surface area contributed by atoms with Gasteiger partial charge in [-0.05, 0) is 25.2 Å². The summed E-state index contributed by atoms with van der Waals surface area (Å²) in [7, 11) is 0. The molecule has 11 heavy (non-hydrogen) atoms. The molecule has 1 saturated heterocycles. The van der Waals surface area contributed by atoms with Crippen molar-refractivity contribution in [3.8, 4) is 0 Å². The van der Waals surface area contributed by atoms with Gasteiger partial charge in [-0.3, -0.25) is 0 Å². The smallest absolute Gasteiger partial charge is 0.0835 e. The Morgan fingerprint density at radius 2 is 1.91 bits per heavy atom. The van der Waals surface area contributed by atoms with Gasteiger partial charge in [0.2, 0.25) is 0 Å². The molecule has 0 aromatic carbocycles. The summed E-state index contributed by atoms with van der Waals surface area (Å²) in [6.07, 6.45) is 1.55. The summed E-state index contributed by atoms with van der Waals surface area (Å²) in [4.78, 5) is 0. The maximum atomic E-state index is 8.94. The van der Waals surface area contributed by atoms with E-state index in [-0.39, 0.29) is 12.7 Å². The third-order valence-corrected chi connectivity index (χ3v) is 2.75. The molecular weight excluding hydrogens is 140 g/mol. The predicted octanol–water partition coefficient (Wildman–Crippen LogP) is 1.43. The molecule has 1 aliphatic rings. The van der Waals surface area contributed by atoms with Crippen LogP contribution in [0, 0.1) is 11.8 Å². The van der Waals surface area contributed by atoms with Crippen LogP contribution in [0.3, 0.4) is 0 Å². The molecule has 1 rings (SSSR count). The number of aliphatic hydroxyl groups is 1. The summed E-state index contributed by atoms with van der Waals surface area (Å²) in [5.74, 6) is 1.14. The highest BCUT2D eigenvalue weighted by Gasteiger charge is 2.30. The van der Waals surface area contributed by atoms with Gasteiger partial charge >= 0.3 is 0 Å². The Bertz CT molecular complexity index is 125. The summed E-state index contributed by atoms with van der Waals surface area (Å²) >= 11 is 0. The van der Waals surface area contributed by atoms with Gasteiger partial charge < -0.3 is 9.84 Å². The fourth-order valence-electron chi connectivity index (χ4n) is 1.70. The molecule has 2 heteroatoms. The van der Waals surface area contributed by atoms with E-state index in [9.17, 15) is 0 Å². The van der Waals surface area contributed by atoms with Crippen LogP contribution in [0.5, 0.6) is 0 Å². The van der Waals surface area contributed by atoms with Crippen molar-refractivity contribution in [1.29, 1.82) is 0 Å². The Hall–Kier alpha value is -0.0800. The summed E-state index contributed by atoms with van der Waals surface area (Å²) in [6, 6.07) is 0. The molecule has 1 fully saturated rings. The highest BCUT2D eigenvalue weighted by atomic mass is 16.5. The largest absolute Gasteiger partial charge is 0.394 e. The molecular formula is C9H18O2. The Morgan fingerprint density at radius 1 is 1.27 bits per heavy atom. The maximum absolute atomic E-state index is 8.94. The molecule has 0 aromatic rings. The normalized spacial score (nSPS) is 45.8. The lowest BCUT2D eigenvalue weighted by molar-refractivity contribution is -0.116. The number of aliphatic hydroxyl groups excluding tert-OH is 1. The molecule has 0 amide bonds. The van der Waals surface area contributed by atoms with Crippen molar-refractivity contribution in [2.45, 2.75) is 39.4 Å². The van der Waals surface area contributed by atoms with Crippen molar-refractivity contribution >= 4 is 0 Å². The zero-order valence-corrected chi connectivity index (χ0v) is 7.58. The van der Waals surface area contributed by atoms with E-state index in [1.807, 2.05) is 0 Å². The maximum Gasteiger partial charge on any atom is 0.0835 e. The Morgan fingerprint density at radius 3 is 2.45 bits per heavy atom.